The van der Waals surface area contributed by atoms with E-state index >= 15 is 0 Å². The molecular formula is C15H31N3. The van der Waals surface area contributed by atoms with Crippen molar-refractivity contribution >= 4 is 0 Å². The molecule has 106 valence electrons. The normalized spacial score (nSPS) is 31.7. The van der Waals surface area contributed by atoms with E-state index in [0.717, 1.165) is 18.5 Å². The summed E-state index contributed by atoms with van der Waals surface area (Å²) in [5.74, 6) is 0.936. The van der Waals surface area contributed by atoms with Gasteiger partial charge in [-0.25, -0.2) is 0 Å². The van der Waals surface area contributed by atoms with Gasteiger partial charge in [-0.15, -0.1) is 0 Å². The molecule has 0 aromatic heterocycles. The van der Waals surface area contributed by atoms with Crippen molar-refractivity contribution in [2.75, 3.05) is 46.3 Å². The predicted molar refractivity (Wildman–Crippen MR) is 78.0 cm³/mol. The highest BCUT2D eigenvalue weighted by Crippen LogP contribution is 2.28. The molecule has 0 spiro atoms. The minimum atomic E-state index is 0.810. The molecule has 18 heavy (non-hydrogen) atoms. The fourth-order valence-electron chi connectivity index (χ4n) is 3.59. The highest BCUT2D eigenvalue weighted by molar-refractivity contribution is 4.83. The summed E-state index contributed by atoms with van der Waals surface area (Å²) in [5.41, 5.74) is 0. The largest absolute Gasteiger partial charge is 0.314 e. The van der Waals surface area contributed by atoms with Crippen LogP contribution in [0.1, 0.15) is 39.0 Å². The molecule has 3 heteroatoms. The average molecular weight is 253 g/mol. The Morgan fingerprint density at radius 3 is 2.78 bits per heavy atom. The van der Waals surface area contributed by atoms with Gasteiger partial charge in [-0.1, -0.05) is 13.3 Å². The third-order valence-corrected chi connectivity index (χ3v) is 4.75. The van der Waals surface area contributed by atoms with E-state index < -0.39 is 0 Å². The number of nitrogens with one attached hydrogen (secondary N) is 1. The number of hydrogen-bond donors (Lipinski definition) is 1. The number of rotatable bonds is 5. The highest BCUT2D eigenvalue weighted by Gasteiger charge is 2.26. The Morgan fingerprint density at radius 1 is 1.06 bits per heavy atom. The first-order valence-corrected chi connectivity index (χ1v) is 7.94. The van der Waals surface area contributed by atoms with E-state index in [0.29, 0.717) is 0 Å². The minimum absolute atomic E-state index is 0.810. The molecule has 1 N–H and O–H groups in total. The third kappa shape index (κ3) is 4.22. The van der Waals surface area contributed by atoms with Gasteiger partial charge in [-0.05, 0) is 64.8 Å². The quantitative estimate of drug-likeness (QED) is 0.806. The number of hydrogen-bond acceptors (Lipinski definition) is 3. The first kappa shape index (κ1) is 14.3. The first-order valence-electron chi connectivity index (χ1n) is 7.94. The molecule has 2 atom stereocenters. The molecule has 1 saturated carbocycles. The number of nitrogens with zero attached hydrogens (tertiary/aromatic N) is 2. The first-order chi connectivity index (χ1) is 8.79. The van der Waals surface area contributed by atoms with Crippen LogP contribution in [-0.4, -0.2) is 62.2 Å². The lowest BCUT2D eigenvalue weighted by Gasteiger charge is -2.25. The van der Waals surface area contributed by atoms with E-state index in [1.54, 1.807) is 0 Å². The summed E-state index contributed by atoms with van der Waals surface area (Å²) >= 11 is 0. The summed E-state index contributed by atoms with van der Waals surface area (Å²) in [4.78, 5) is 5.15. The van der Waals surface area contributed by atoms with Crippen molar-refractivity contribution < 1.29 is 0 Å². The predicted octanol–water partition coefficient (Wildman–Crippen LogP) is 1.79. The van der Waals surface area contributed by atoms with E-state index in [1.807, 2.05) is 0 Å². The molecular weight excluding hydrogens is 222 g/mol. The van der Waals surface area contributed by atoms with Crippen LogP contribution in [0.4, 0.5) is 0 Å². The Kier molecular flexibility index (Phi) is 5.93. The molecule has 0 aromatic carbocycles. The Bertz CT molecular complexity index is 232. The Morgan fingerprint density at radius 2 is 1.94 bits per heavy atom. The van der Waals surface area contributed by atoms with Crippen LogP contribution in [0.2, 0.25) is 0 Å². The summed E-state index contributed by atoms with van der Waals surface area (Å²) < 4.78 is 0. The van der Waals surface area contributed by atoms with Gasteiger partial charge in [-0.3, -0.25) is 0 Å². The topological polar surface area (TPSA) is 18.5 Å². The molecule has 0 aromatic rings. The van der Waals surface area contributed by atoms with Crippen LogP contribution in [0.3, 0.4) is 0 Å². The molecule has 1 aliphatic heterocycles. The standard InChI is InChI=1S/C15H31N3/c1-3-16-15-7-4-6-14(15)8-11-18-10-5-9-17(2)12-13-18/h14-16H,3-13H2,1-2H3. The van der Waals surface area contributed by atoms with Crippen LogP contribution in [0.25, 0.3) is 0 Å². The van der Waals surface area contributed by atoms with Gasteiger partial charge in [-0.2, -0.15) is 0 Å². The summed E-state index contributed by atoms with van der Waals surface area (Å²) in [6.07, 6.45) is 7.04. The maximum Gasteiger partial charge on any atom is 0.0109 e. The van der Waals surface area contributed by atoms with Crippen molar-refractivity contribution in [3.05, 3.63) is 0 Å². The van der Waals surface area contributed by atoms with E-state index in [4.69, 9.17) is 0 Å². The van der Waals surface area contributed by atoms with Gasteiger partial charge in [0, 0.05) is 19.1 Å². The van der Waals surface area contributed by atoms with E-state index in [1.165, 1.54) is 64.8 Å². The molecule has 3 nitrogen and oxygen atoms in total. The van der Waals surface area contributed by atoms with Crippen LogP contribution >= 0.6 is 0 Å². The van der Waals surface area contributed by atoms with E-state index in [2.05, 4.69) is 29.1 Å². The SMILES string of the molecule is CCNC1CCCC1CCN1CCCN(C)CC1. The molecule has 1 heterocycles. The van der Waals surface area contributed by atoms with Gasteiger partial charge in [0.25, 0.3) is 0 Å². The lowest BCUT2D eigenvalue weighted by atomic mass is 9.99. The zero-order valence-electron chi connectivity index (χ0n) is 12.3. The lowest BCUT2D eigenvalue weighted by molar-refractivity contribution is 0.245. The minimum Gasteiger partial charge on any atom is -0.314 e. The van der Waals surface area contributed by atoms with E-state index in [9.17, 15) is 0 Å². The van der Waals surface area contributed by atoms with Crippen LogP contribution in [0.15, 0.2) is 0 Å². The van der Waals surface area contributed by atoms with Gasteiger partial charge in [0.2, 0.25) is 0 Å². The summed E-state index contributed by atoms with van der Waals surface area (Å²) in [6.45, 7) is 9.80. The molecule has 2 aliphatic rings. The smallest absolute Gasteiger partial charge is 0.0109 e. The zero-order valence-corrected chi connectivity index (χ0v) is 12.3. The van der Waals surface area contributed by atoms with Crippen LogP contribution in [0, 0.1) is 5.92 Å². The highest BCUT2D eigenvalue weighted by atomic mass is 15.2. The molecule has 0 amide bonds. The van der Waals surface area contributed by atoms with Gasteiger partial charge in [0.05, 0.1) is 0 Å². The molecule has 0 radical (unpaired) electrons. The monoisotopic (exact) mass is 253 g/mol. The zero-order chi connectivity index (χ0) is 12.8. The molecule has 2 rings (SSSR count). The van der Waals surface area contributed by atoms with Crippen molar-refractivity contribution in [3.63, 3.8) is 0 Å². The van der Waals surface area contributed by atoms with Crippen molar-refractivity contribution in [2.45, 2.75) is 45.1 Å². The van der Waals surface area contributed by atoms with Gasteiger partial charge in [0.15, 0.2) is 0 Å². The van der Waals surface area contributed by atoms with Crippen molar-refractivity contribution in [1.82, 2.24) is 15.1 Å². The molecule has 1 aliphatic carbocycles. The van der Waals surface area contributed by atoms with Gasteiger partial charge < -0.3 is 15.1 Å². The summed E-state index contributed by atoms with van der Waals surface area (Å²) in [7, 11) is 2.25. The van der Waals surface area contributed by atoms with Gasteiger partial charge >= 0.3 is 0 Å². The number of likely N-dealkylation sites (N-methyl/N-ethyl adjacent to an activating group) is 1. The fourth-order valence-corrected chi connectivity index (χ4v) is 3.59. The summed E-state index contributed by atoms with van der Waals surface area (Å²) in [5, 5.41) is 3.67. The molecule has 2 fully saturated rings. The summed E-state index contributed by atoms with van der Waals surface area (Å²) in [6, 6.07) is 0.810. The maximum absolute atomic E-state index is 3.67. The Hall–Kier alpha value is -0.120. The Balaban J connectivity index is 1.70. The second-order valence-corrected chi connectivity index (χ2v) is 6.14. The van der Waals surface area contributed by atoms with Crippen LogP contribution in [0.5, 0.6) is 0 Å². The molecule has 1 saturated heterocycles. The molecule has 2 unspecified atom stereocenters. The third-order valence-electron chi connectivity index (χ3n) is 4.75. The van der Waals surface area contributed by atoms with Crippen molar-refractivity contribution in [2.24, 2.45) is 5.92 Å². The van der Waals surface area contributed by atoms with Crippen molar-refractivity contribution in [1.29, 1.82) is 0 Å². The Labute approximate surface area is 113 Å². The van der Waals surface area contributed by atoms with Gasteiger partial charge in [0.1, 0.15) is 0 Å². The van der Waals surface area contributed by atoms with Crippen molar-refractivity contribution in [3.8, 4) is 0 Å². The van der Waals surface area contributed by atoms with Crippen LogP contribution in [-0.2, 0) is 0 Å². The van der Waals surface area contributed by atoms with E-state index in [-0.39, 0.29) is 0 Å². The average Bonchev–Trinajstić information content (AvgIpc) is 2.69. The van der Waals surface area contributed by atoms with Crippen LogP contribution < -0.4 is 5.32 Å². The maximum atomic E-state index is 3.67. The second-order valence-electron chi connectivity index (χ2n) is 6.14. The lowest BCUT2D eigenvalue weighted by Crippen LogP contribution is -2.35. The fraction of sp³-hybridized carbons (Fsp3) is 1.00. The second kappa shape index (κ2) is 7.46. The molecule has 0 bridgehead atoms.